The van der Waals surface area contributed by atoms with Crippen LogP contribution in [0.5, 0.6) is 0 Å². The van der Waals surface area contributed by atoms with Crippen molar-refractivity contribution < 1.29 is 19.8 Å². The zero-order valence-electron chi connectivity index (χ0n) is 17.8. The fourth-order valence-electron chi connectivity index (χ4n) is 1.91. The van der Waals surface area contributed by atoms with Gasteiger partial charge in [-0.2, -0.15) is 0 Å². The number of allylic oxidation sites excluding steroid dienone is 4. The predicted octanol–water partition coefficient (Wildman–Crippen LogP) is 5.80. The van der Waals surface area contributed by atoms with E-state index in [0.29, 0.717) is 24.0 Å². The van der Waals surface area contributed by atoms with Crippen LogP contribution >= 0.6 is 0 Å². The van der Waals surface area contributed by atoms with Gasteiger partial charge in [-0.05, 0) is 57.3 Å². The molecule has 0 unspecified atom stereocenters. The summed E-state index contributed by atoms with van der Waals surface area (Å²) in [6, 6.07) is 0. The third-order valence-electron chi connectivity index (χ3n) is 3.20. The Hall–Kier alpha value is -1.42. The molecule has 0 aliphatic heterocycles. The molecule has 0 heterocycles. The zero-order valence-corrected chi connectivity index (χ0v) is 17.8. The molecule has 4 heteroatoms. The standard InChI is InChI=1S/C11H20O.C10H18O2.CH4O/c1-10(2)8-6-4-5-7-9-11(3)12;1-9(2)7-5-3-4-6-8-10(11)12;1-2/h6,8,10H,4-5,7,9H2,1-3H3;5,7,9H,3-4,6,8H2,1-2H3,(H,11,12);2H,1H3/b8-6+;7-5+;. The number of rotatable bonds is 12. The van der Waals surface area contributed by atoms with Gasteiger partial charge in [0.1, 0.15) is 5.78 Å². The van der Waals surface area contributed by atoms with Gasteiger partial charge in [-0.15, -0.1) is 0 Å². The van der Waals surface area contributed by atoms with Gasteiger partial charge in [-0.1, -0.05) is 52.0 Å². The normalized spacial score (nSPS) is 10.7. The lowest BCUT2D eigenvalue weighted by molar-refractivity contribution is -0.137. The first-order chi connectivity index (χ1) is 12.3. The second-order valence-electron chi connectivity index (χ2n) is 6.93. The van der Waals surface area contributed by atoms with E-state index >= 15 is 0 Å². The van der Waals surface area contributed by atoms with Crippen LogP contribution in [0.1, 0.15) is 86.0 Å². The van der Waals surface area contributed by atoms with E-state index in [9.17, 15) is 9.59 Å². The fourth-order valence-corrected chi connectivity index (χ4v) is 1.91. The first-order valence-electron chi connectivity index (χ1n) is 9.75. The van der Waals surface area contributed by atoms with Crippen molar-refractivity contribution in [1.29, 1.82) is 0 Å². The summed E-state index contributed by atoms with van der Waals surface area (Å²) < 4.78 is 0. The van der Waals surface area contributed by atoms with E-state index < -0.39 is 5.97 Å². The number of hydrogen-bond donors (Lipinski definition) is 2. The molecule has 0 aromatic heterocycles. The molecule has 0 amide bonds. The Morgan fingerprint density at radius 3 is 1.46 bits per heavy atom. The molecule has 0 radical (unpaired) electrons. The van der Waals surface area contributed by atoms with Crippen LogP contribution in [0, 0.1) is 11.8 Å². The maximum Gasteiger partial charge on any atom is 0.303 e. The smallest absolute Gasteiger partial charge is 0.303 e. The average Bonchev–Trinajstić information content (AvgIpc) is 2.55. The maximum atomic E-state index is 10.6. The van der Waals surface area contributed by atoms with Crippen molar-refractivity contribution in [3.05, 3.63) is 24.3 Å². The molecule has 0 bridgehead atoms. The monoisotopic (exact) mass is 370 g/mol. The van der Waals surface area contributed by atoms with E-state index in [1.165, 1.54) is 0 Å². The summed E-state index contributed by atoms with van der Waals surface area (Å²) in [7, 11) is 1.00. The van der Waals surface area contributed by atoms with Crippen molar-refractivity contribution in [2.75, 3.05) is 7.11 Å². The van der Waals surface area contributed by atoms with E-state index in [0.717, 1.165) is 52.1 Å². The Labute approximate surface area is 161 Å². The molecule has 0 aliphatic rings. The highest BCUT2D eigenvalue weighted by Gasteiger charge is 1.94. The Morgan fingerprint density at radius 1 is 0.769 bits per heavy atom. The Bertz CT molecular complexity index is 332. The van der Waals surface area contributed by atoms with Gasteiger partial charge in [0.2, 0.25) is 0 Å². The highest BCUT2D eigenvalue weighted by molar-refractivity contribution is 5.75. The van der Waals surface area contributed by atoms with Crippen LogP contribution < -0.4 is 0 Å². The number of carbonyl (C=O) groups excluding carboxylic acids is 1. The summed E-state index contributed by atoms with van der Waals surface area (Å²) in [5.41, 5.74) is 0. The number of hydrogen-bond acceptors (Lipinski definition) is 3. The van der Waals surface area contributed by atoms with Crippen molar-refractivity contribution in [3.8, 4) is 0 Å². The molecule has 0 fully saturated rings. The zero-order chi connectivity index (χ0) is 20.8. The molecule has 0 aliphatic carbocycles. The third kappa shape index (κ3) is 38.3. The first kappa shape index (κ1) is 29.3. The minimum Gasteiger partial charge on any atom is -0.481 e. The summed E-state index contributed by atoms with van der Waals surface area (Å²) in [6.45, 7) is 10.3. The summed E-state index contributed by atoms with van der Waals surface area (Å²) in [5.74, 6) is 0.868. The highest BCUT2D eigenvalue weighted by atomic mass is 16.4. The van der Waals surface area contributed by atoms with Crippen LogP contribution in [-0.2, 0) is 9.59 Å². The van der Waals surface area contributed by atoms with Crippen LogP contribution in [0.25, 0.3) is 0 Å². The molecule has 0 atom stereocenters. The van der Waals surface area contributed by atoms with Crippen molar-refractivity contribution >= 4 is 11.8 Å². The van der Waals surface area contributed by atoms with Crippen LogP contribution in [-0.4, -0.2) is 29.1 Å². The summed E-state index contributed by atoms with van der Waals surface area (Å²) in [6.07, 6.45) is 15.8. The second kappa shape index (κ2) is 23.6. The minimum absolute atomic E-state index is 0.301. The molecular formula is C22H42O4. The molecule has 154 valence electrons. The predicted molar refractivity (Wildman–Crippen MR) is 111 cm³/mol. The summed E-state index contributed by atoms with van der Waals surface area (Å²) in [5, 5.41) is 15.3. The number of aliphatic hydroxyl groups is 1. The molecule has 2 N–H and O–H groups in total. The van der Waals surface area contributed by atoms with Gasteiger partial charge in [-0.3, -0.25) is 4.79 Å². The van der Waals surface area contributed by atoms with E-state index in [-0.39, 0.29) is 0 Å². The van der Waals surface area contributed by atoms with E-state index in [1.54, 1.807) is 6.92 Å². The van der Waals surface area contributed by atoms with E-state index in [2.05, 4.69) is 52.0 Å². The SMILES string of the molecule is CC(=O)CCCC/C=C/C(C)C.CC(C)/C=C/CCCCC(=O)O.CO. The molecule has 0 aromatic rings. The number of unbranched alkanes of at least 4 members (excludes halogenated alkanes) is 4. The number of carboxylic acids is 1. The quantitative estimate of drug-likeness (QED) is 0.336. The largest absolute Gasteiger partial charge is 0.481 e. The van der Waals surface area contributed by atoms with Crippen LogP contribution in [0.4, 0.5) is 0 Å². The lowest BCUT2D eigenvalue weighted by atomic mass is 10.1. The number of aliphatic hydroxyl groups excluding tert-OH is 1. The van der Waals surface area contributed by atoms with Gasteiger partial charge in [0.15, 0.2) is 0 Å². The molecular weight excluding hydrogens is 328 g/mol. The van der Waals surface area contributed by atoms with Crippen molar-refractivity contribution in [2.24, 2.45) is 11.8 Å². The van der Waals surface area contributed by atoms with Crippen LogP contribution in [0.15, 0.2) is 24.3 Å². The van der Waals surface area contributed by atoms with E-state index in [4.69, 9.17) is 10.2 Å². The van der Waals surface area contributed by atoms with Gasteiger partial charge in [0.25, 0.3) is 0 Å². The third-order valence-corrected chi connectivity index (χ3v) is 3.20. The van der Waals surface area contributed by atoms with Gasteiger partial charge < -0.3 is 15.0 Å². The molecule has 0 rings (SSSR count). The topological polar surface area (TPSA) is 74.6 Å². The Morgan fingerprint density at radius 2 is 1.15 bits per heavy atom. The maximum absolute atomic E-state index is 10.6. The van der Waals surface area contributed by atoms with Gasteiger partial charge in [0.05, 0.1) is 0 Å². The van der Waals surface area contributed by atoms with E-state index in [1.807, 2.05) is 0 Å². The molecule has 26 heavy (non-hydrogen) atoms. The minimum atomic E-state index is -0.692. The highest BCUT2D eigenvalue weighted by Crippen LogP contribution is 2.03. The average molecular weight is 371 g/mol. The van der Waals surface area contributed by atoms with Gasteiger partial charge >= 0.3 is 5.97 Å². The second-order valence-corrected chi connectivity index (χ2v) is 6.93. The van der Waals surface area contributed by atoms with Crippen molar-refractivity contribution in [2.45, 2.75) is 86.0 Å². The number of Topliss-reactive ketones (excluding diaryl/α,β-unsaturated/α-hetero) is 1. The van der Waals surface area contributed by atoms with Crippen LogP contribution in [0.3, 0.4) is 0 Å². The molecule has 0 saturated heterocycles. The molecule has 4 nitrogen and oxygen atoms in total. The Balaban J connectivity index is -0.000000371. The Kier molecular flexibility index (Phi) is 26.6. The van der Waals surface area contributed by atoms with Crippen LogP contribution in [0.2, 0.25) is 0 Å². The first-order valence-corrected chi connectivity index (χ1v) is 9.75. The van der Waals surface area contributed by atoms with Gasteiger partial charge in [-0.25, -0.2) is 0 Å². The lowest BCUT2D eigenvalue weighted by Crippen LogP contribution is -1.92. The molecule has 0 saturated carbocycles. The van der Waals surface area contributed by atoms with Gasteiger partial charge in [0, 0.05) is 20.0 Å². The van der Waals surface area contributed by atoms with Crippen molar-refractivity contribution in [3.63, 3.8) is 0 Å². The fraction of sp³-hybridized carbons (Fsp3) is 0.727. The number of aliphatic carboxylic acids is 1. The number of carboxylic acid groups (broad SMARTS) is 1. The lowest BCUT2D eigenvalue weighted by Gasteiger charge is -1.95. The number of ketones is 1. The summed E-state index contributed by atoms with van der Waals surface area (Å²) >= 11 is 0. The summed E-state index contributed by atoms with van der Waals surface area (Å²) in [4.78, 5) is 20.7. The molecule has 0 spiro atoms. The number of carbonyl (C=O) groups is 2. The van der Waals surface area contributed by atoms with Crippen molar-refractivity contribution in [1.82, 2.24) is 0 Å². The molecule has 0 aromatic carbocycles.